The molecule has 0 unspecified atom stereocenters. The monoisotopic (exact) mass is 513 g/mol. The lowest BCUT2D eigenvalue weighted by molar-refractivity contribution is -0.193. The minimum absolute atomic E-state index is 0.0616. The normalized spacial score (nSPS) is 13.4. The molecule has 0 saturated carbocycles. The molecule has 0 spiro atoms. The quantitative estimate of drug-likeness (QED) is 0.532. The third-order valence-corrected chi connectivity index (χ3v) is 4.28. The standard InChI is InChI=1S/C15H19N5O.2C2HF3O2/c1-19-8-6-13-12(10-19)14(18-17-13)15(21)20(2)9-11-5-3-4-7-16-11;2*3-2(4,5)1(6)7/h3-5,7H,6,8-10H2,1-2H3,(H,17,18);2*(H,6,7). The van der Waals surface area contributed by atoms with E-state index >= 15 is 0 Å². The first-order valence-electron chi connectivity index (χ1n) is 9.54. The highest BCUT2D eigenvalue weighted by atomic mass is 19.4. The summed E-state index contributed by atoms with van der Waals surface area (Å²) in [5, 5.41) is 21.5. The number of rotatable bonds is 3. The van der Waals surface area contributed by atoms with Gasteiger partial charge in [0, 0.05) is 44.0 Å². The van der Waals surface area contributed by atoms with Crippen molar-refractivity contribution in [1.82, 2.24) is 25.0 Å². The van der Waals surface area contributed by atoms with Gasteiger partial charge in [-0.3, -0.25) is 14.9 Å². The molecule has 35 heavy (non-hydrogen) atoms. The molecule has 2 aromatic heterocycles. The number of carboxylic acids is 2. The lowest BCUT2D eigenvalue weighted by atomic mass is 10.1. The van der Waals surface area contributed by atoms with Crippen molar-refractivity contribution in [2.45, 2.75) is 31.9 Å². The smallest absolute Gasteiger partial charge is 0.475 e. The number of pyridine rings is 1. The number of aromatic amines is 1. The fourth-order valence-corrected chi connectivity index (χ4v) is 2.59. The largest absolute Gasteiger partial charge is 0.490 e. The van der Waals surface area contributed by atoms with Gasteiger partial charge >= 0.3 is 24.3 Å². The predicted molar refractivity (Wildman–Crippen MR) is 106 cm³/mol. The number of carboxylic acid groups (broad SMARTS) is 2. The number of nitrogens with one attached hydrogen (secondary N) is 1. The summed E-state index contributed by atoms with van der Waals surface area (Å²) in [6.07, 6.45) is -7.52. The Morgan fingerprint density at radius 1 is 1.09 bits per heavy atom. The van der Waals surface area contributed by atoms with Gasteiger partial charge in [0.1, 0.15) is 0 Å². The number of nitrogens with zero attached hydrogens (tertiary/aromatic N) is 4. The Labute approximate surface area is 194 Å². The number of H-pyrrole nitrogens is 1. The van der Waals surface area contributed by atoms with Crippen LogP contribution in [0.4, 0.5) is 26.3 Å². The number of aromatic nitrogens is 3. The van der Waals surface area contributed by atoms with E-state index in [1.807, 2.05) is 18.2 Å². The van der Waals surface area contributed by atoms with Gasteiger partial charge in [-0.05, 0) is 19.2 Å². The molecule has 10 nitrogen and oxygen atoms in total. The first-order valence-corrected chi connectivity index (χ1v) is 9.54. The van der Waals surface area contributed by atoms with Crippen LogP contribution in [0.25, 0.3) is 0 Å². The van der Waals surface area contributed by atoms with Crippen molar-refractivity contribution >= 4 is 17.8 Å². The van der Waals surface area contributed by atoms with E-state index in [9.17, 15) is 31.1 Å². The number of hydrogen-bond acceptors (Lipinski definition) is 6. The van der Waals surface area contributed by atoms with Crippen molar-refractivity contribution in [1.29, 1.82) is 0 Å². The summed E-state index contributed by atoms with van der Waals surface area (Å²) in [5.41, 5.74) is 3.52. The summed E-state index contributed by atoms with van der Waals surface area (Å²) in [4.78, 5) is 38.5. The number of halogens is 6. The van der Waals surface area contributed by atoms with E-state index in [0.717, 1.165) is 36.5 Å². The zero-order valence-electron chi connectivity index (χ0n) is 18.3. The summed E-state index contributed by atoms with van der Waals surface area (Å²) in [7, 11) is 3.84. The van der Waals surface area contributed by atoms with Gasteiger partial charge in [-0.2, -0.15) is 31.4 Å². The first kappa shape index (κ1) is 29.3. The topological polar surface area (TPSA) is 140 Å². The maximum absolute atomic E-state index is 12.6. The third-order valence-electron chi connectivity index (χ3n) is 4.28. The van der Waals surface area contributed by atoms with Crippen LogP contribution in [0.3, 0.4) is 0 Å². The van der Waals surface area contributed by atoms with Crippen LogP contribution >= 0.6 is 0 Å². The van der Waals surface area contributed by atoms with Crippen LogP contribution in [0, 0.1) is 0 Å². The molecule has 0 aliphatic carbocycles. The van der Waals surface area contributed by atoms with E-state index in [-0.39, 0.29) is 5.91 Å². The maximum atomic E-state index is 12.6. The van der Waals surface area contributed by atoms with E-state index in [1.165, 1.54) is 0 Å². The van der Waals surface area contributed by atoms with Crippen molar-refractivity contribution in [3.8, 4) is 0 Å². The highest BCUT2D eigenvalue weighted by Crippen LogP contribution is 2.20. The van der Waals surface area contributed by atoms with Crippen molar-refractivity contribution < 1.29 is 50.9 Å². The molecular weight excluding hydrogens is 492 g/mol. The van der Waals surface area contributed by atoms with E-state index in [2.05, 4.69) is 27.1 Å². The van der Waals surface area contributed by atoms with Crippen LogP contribution < -0.4 is 0 Å². The van der Waals surface area contributed by atoms with E-state index in [1.54, 1.807) is 18.1 Å². The molecule has 3 heterocycles. The van der Waals surface area contributed by atoms with E-state index in [4.69, 9.17) is 19.8 Å². The Kier molecular flexibility index (Phi) is 10.2. The number of aliphatic carboxylic acids is 2. The van der Waals surface area contributed by atoms with Crippen LogP contribution in [0.5, 0.6) is 0 Å². The van der Waals surface area contributed by atoms with Gasteiger partial charge in [0.05, 0.1) is 12.2 Å². The van der Waals surface area contributed by atoms with Crippen LogP contribution in [0.15, 0.2) is 24.4 Å². The van der Waals surface area contributed by atoms with Crippen molar-refractivity contribution in [3.05, 3.63) is 47.0 Å². The van der Waals surface area contributed by atoms with E-state index < -0.39 is 24.3 Å². The molecular formula is C19H21F6N5O5. The van der Waals surface area contributed by atoms with Gasteiger partial charge in [-0.25, -0.2) is 9.59 Å². The average molecular weight is 513 g/mol. The second kappa shape index (κ2) is 12.1. The Morgan fingerprint density at radius 2 is 1.63 bits per heavy atom. The third kappa shape index (κ3) is 9.60. The number of carbonyl (C=O) groups excluding carboxylic acids is 1. The zero-order chi connectivity index (χ0) is 27.0. The van der Waals surface area contributed by atoms with Gasteiger partial charge in [-0.1, -0.05) is 6.07 Å². The van der Waals surface area contributed by atoms with Gasteiger partial charge in [0.25, 0.3) is 5.91 Å². The number of likely N-dealkylation sites (N-methyl/N-ethyl adjacent to an activating group) is 1. The summed E-state index contributed by atoms with van der Waals surface area (Å²) >= 11 is 0. The molecule has 16 heteroatoms. The summed E-state index contributed by atoms with van der Waals surface area (Å²) < 4.78 is 63.5. The lowest BCUT2D eigenvalue weighted by Gasteiger charge is -2.23. The molecule has 194 valence electrons. The van der Waals surface area contributed by atoms with Gasteiger partial charge in [0.15, 0.2) is 5.69 Å². The molecule has 0 bridgehead atoms. The highest BCUT2D eigenvalue weighted by Gasteiger charge is 2.38. The number of amides is 1. The maximum Gasteiger partial charge on any atom is 0.490 e. The second-order valence-corrected chi connectivity index (χ2v) is 7.11. The summed E-state index contributed by atoms with van der Waals surface area (Å²) in [6.45, 7) is 2.24. The Balaban J connectivity index is 0.000000362. The van der Waals surface area contributed by atoms with Crippen LogP contribution in [-0.4, -0.2) is 86.0 Å². The van der Waals surface area contributed by atoms with E-state index in [0.29, 0.717) is 12.2 Å². The van der Waals surface area contributed by atoms with Gasteiger partial charge < -0.3 is 20.0 Å². The first-order chi connectivity index (χ1) is 16.0. The van der Waals surface area contributed by atoms with Gasteiger partial charge in [-0.15, -0.1) is 0 Å². The molecule has 0 atom stereocenters. The SMILES string of the molecule is CN1CCc2[nH]nc(C(=O)N(C)Cc3ccccn3)c2C1.O=C(O)C(F)(F)F.O=C(O)C(F)(F)F. The second-order valence-electron chi connectivity index (χ2n) is 7.11. The highest BCUT2D eigenvalue weighted by molar-refractivity contribution is 5.93. The predicted octanol–water partition coefficient (Wildman–Crippen LogP) is 2.33. The molecule has 0 fully saturated rings. The fourth-order valence-electron chi connectivity index (χ4n) is 2.59. The van der Waals surface area contributed by atoms with Crippen LogP contribution in [0.2, 0.25) is 0 Å². The van der Waals surface area contributed by atoms with Crippen LogP contribution in [-0.2, 0) is 29.1 Å². The van der Waals surface area contributed by atoms with Crippen LogP contribution in [0.1, 0.15) is 27.4 Å². The number of hydrogen-bond donors (Lipinski definition) is 3. The Hall–Kier alpha value is -3.69. The van der Waals surface area contributed by atoms with Crippen molar-refractivity contribution in [2.75, 3.05) is 20.6 Å². The molecule has 2 aromatic rings. The number of alkyl halides is 6. The molecule has 3 N–H and O–H groups in total. The molecule has 3 rings (SSSR count). The van der Waals surface area contributed by atoms with Crippen molar-refractivity contribution in [3.63, 3.8) is 0 Å². The van der Waals surface area contributed by atoms with Crippen molar-refractivity contribution in [2.24, 2.45) is 0 Å². The average Bonchev–Trinajstić information content (AvgIpc) is 3.16. The zero-order valence-corrected chi connectivity index (χ0v) is 18.3. The molecule has 1 amide bonds. The minimum Gasteiger partial charge on any atom is -0.475 e. The Bertz CT molecular complexity index is 986. The Morgan fingerprint density at radius 3 is 2.09 bits per heavy atom. The minimum atomic E-state index is -5.08. The number of carbonyl (C=O) groups is 3. The fraction of sp³-hybridized carbons (Fsp3) is 0.421. The molecule has 0 radical (unpaired) electrons. The molecule has 1 aliphatic heterocycles. The summed E-state index contributed by atoms with van der Waals surface area (Å²) in [5.74, 6) is -5.58. The van der Waals surface area contributed by atoms with Gasteiger partial charge in [0.2, 0.25) is 0 Å². The molecule has 1 aliphatic rings. The number of fused-ring (bicyclic) bond motifs is 1. The molecule has 0 saturated heterocycles. The lowest BCUT2D eigenvalue weighted by Crippen LogP contribution is -2.31. The molecule has 0 aromatic carbocycles. The summed E-state index contributed by atoms with van der Waals surface area (Å²) in [6, 6.07) is 5.70.